The van der Waals surface area contributed by atoms with Crippen molar-refractivity contribution in [3.8, 4) is 0 Å². The first kappa shape index (κ1) is 13.8. The Labute approximate surface area is 113 Å². The molecule has 1 unspecified atom stereocenters. The van der Waals surface area contributed by atoms with Crippen LogP contribution in [-0.2, 0) is 11.2 Å². The van der Waals surface area contributed by atoms with Crippen molar-refractivity contribution in [1.82, 2.24) is 4.98 Å². The second-order valence-electron chi connectivity index (χ2n) is 5.73. The maximum absolute atomic E-state index is 12.3. The van der Waals surface area contributed by atoms with E-state index in [1.54, 1.807) is 23.4 Å². The molecule has 0 bridgehead atoms. The molecule has 0 radical (unpaired) electrons. The molecular weight excluding hydrogens is 244 g/mol. The van der Waals surface area contributed by atoms with Gasteiger partial charge in [-0.3, -0.25) is 9.88 Å². The molecule has 0 fully saturated rings. The van der Waals surface area contributed by atoms with Gasteiger partial charge in [-0.1, -0.05) is 0 Å². The summed E-state index contributed by atoms with van der Waals surface area (Å²) in [5.41, 5.74) is 1.24. The van der Waals surface area contributed by atoms with Crippen molar-refractivity contribution in [2.75, 3.05) is 11.5 Å². The molecule has 1 N–H and O–H groups in total. The molecule has 19 heavy (non-hydrogen) atoms. The number of aliphatic hydroxyl groups is 1. The highest BCUT2D eigenvalue weighted by Crippen LogP contribution is 2.31. The zero-order valence-corrected chi connectivity index (χ0v) is 11.6. The van der Waals surface area contributed by atoms with E-state index in [1.165, 1.54) is 0 Å². The van der Waals surface area contributed by atoms with Crippen LogP contribution in [0.3, 0.4) is 0 Å². The number of rotatable bonds is 1. The first-order chi connectivity index (χ1) is 8.92. The minimum Gasteiger partial charge on any atom is -0.443 e. The molecule has 2 heterocycles. The largest absolute Gasteiger partial charge is 0.443 e. The standard InChI is InChI=1S/C14H20N2O3/c1-14(2,3)19-13(18)16-11(9-17)5-4-10-8-15-7-6-12(10)16/h6-8,11,17H,4-5,9H2,1-3H3. The van der Waals surface area contributed by atoms with Crippen molar-refractivity contribution >= 4 is 11.8 Å². The number of anilines is 1. The number of hydrogen-bond donors (Lipinski definition) is 1. The second-order valence-corrected chi connectivity index (χ2v) is 5.73. The summed E-state index contributed by atoms with van der Waals surface area (Å²) in [5.74, 6) is 0. The molecule has 1 aromatic heterocycles. The van der Waals surface area contributed by atoms with Crippen molar-refractivity contribution in [3.63, 3.8) is 0 Å². The highest BCUT2D eigenvalue weighted by Gasteiger charge is 2.33. The van der Waals surface area contributed by atoms with Gasteiger partial charge in [-0.15, -0.1) is 0 Å². The van der Waals surface area contributed by atoms with Crippen molar-refractivity contribution in [2.45, 2.75) is 45.3 Å². The first-order valence-corrected chi connectivity index (χ1v) is 6.48. The van der Waals surface area contributed by atoms with Crippen LogP contribution in [0.2, 0.25) is 0 Å². The number of aryl methyl sites for hydroxylation is 1. The van der Waals surface area contributed by atoms with Gasteiger partial charge in [0.1, 0.15) is 5.60 Å². The molecule has 0 saturated carbocycles. The normalized spacial score (nSPS) is 18.9. The Morgan fingerprint density at radius 2 is 2.32 bits per heavy atom. The van der Waals surface area contributed by atoms with Crippen molar-refractivity contribution in [1.29, 1.82) is 0 Å². The Morgan fingerprint density at radius 1 is 1.58 bits per heavy atom. The number of aromatic nitrogens is 1. The fraction of sp³-hybridized carbons (Fsp3) is 0.571. The highest BCUT2D eigenvalue weighted by molar-refractivity contribution is 5.90. The fourth-order valence-corrected chi connectivity index (χ4v) is 2.23. The van der Waals surface area contributed by atoms with Crippen LogP contribution in [0.4, 0.5) is 10.5 Å². The molecule has 5 nitrogen and oxygen atoms in total. The molecule has 104 valence electrons. The van der Waals surface area contributed by atoms with E-state index in [4.69, 9.17) is 4.74 Å². The monoisotopic (exact) mass is 264 g/mol. The van der Waals surface area contributed by atoms with Crippen LogP contribution in [0.5, 0.6) is 0 Å². The van der Waals surface area contributed by atoms with Gasteiger partial charge in [0.05, 0.1) is 18.3 Å². The zero-order chi connectivity index (χ0) is 14.0. The quantitative estimate of drug-likeness (QED) is 0.844. The topological polar surface area (TPSA) is 62.7 Å². The number of fused-ring (bicyclic) bond motifs is 1. The summed E-state index contributed by atoms with van der Waals surface area (Å²) in [6.07, 6.45) is 4.52. The average Bonchev–Trinajstić information content (AvgIpc) is 2.35. The molecule has 0 aliphatic carbocycles. The number of amides is 1. The summed E-state index contributed by atoms with van der Waals surface area (Å²) in [6, 6.07) is 1.56. The number of pyridine rings is 1. The Morgan fingerprint density at radius 3 is 2.95 bits per heavy atom. The molecule has 1 atom stereocenters. The molecule has 2 rings (SSSR count). The summed E-state index contributed by atoms with van der Waals surface area (Å²) in [6.45, 7) is 5.42. The zero-order valence-electron chi connectivity index (χ0n) is 11.6. The summed E-state index contributed by atoms with van der Waals surface area (Å²) in [5, 5.41) is 9.47. The smallest absolute Gasteiger partial charge is 0.415 e. The highest BCUT2D eigenvalue weighted by atomic mass is 16.6. The van der Waals surface area contributed by atoms with E-state index < -0.39 is 11.7 Å². The lowest BCUT2D eigenvalue weighted by Gasteiger charge is -2.36. The summed E-state index contributed by atoms with van der Waals surface area (Å²) in [4.78, 5) is 17.9. The lowest BCUT2D eigenvalue weighted by atomic mass is 9.98. The average molecular weight is 264 g/mol. The van der Waals surface area contributed by atoms with Crippen LogP contribution in [0, 0.1) is 0 Å². The van der Waals surface area contributed by atoms with Gasteiger partial charge in [-0.05, 0) is 45.2 Å². The van der Waals surface area contributed by atoms with E-state index in [-0.39, 0.29) is 12.6 Å². The van der Waals surface area contributed by atoms with Gasteiger partial charge in [0, 0.05) is 12.4 Å². The molecular formula is C14H20N2O3. The van der Waals surface area contributed by atoms with E-state index in [1.807, 2.05) is 20.8 Å². The van der Waals surface area contributed by atoms with Gasteiger partial charge < -0.3 is 9.84 Å². The predicted octanol–water partition coefficient (Wildman–Crippen LogP) is 2.13. The molecule has 1 aromatic rings. The van der Waals surface area contributed by atoms with E-state index in [2.05, 4.69) is 4.98 Å². The van der Waals surface area contributed by atoms with Gasteiger partial charge in [0.15, 0.2) is 0 Å². The third-order valence-corrected chi connectivity index (χ3v) is 3.05. The van der Waals surface area contributed by atoms with Gasteiger partial charge in [-0.2, -0.15) is 0 Å². The molecule has 1 aliphatic heterocycles. The van der Waals surface area contributed by atoms with E-state index in [9.17, 15) is 9.90 Å². The van der Waals surface area contributed by atoms with E-state index in [0.29, 0.717) is 6.42 Å². The number of aliphatic hydroxyl groups excluding tert-OH is 1. The minimum absolute atomic E-state index is 0.0684. The van der Waals surface area contributed by atoms with Crippen molar-refractivity contribution in [2.24, 2.45) is 0 Å². The molecule has 1 amide bonds. The molecule has 0 saturated heterocycles. The SMILES string of the molecule is CC(C)(C)OC(=O)N1c2ccncc2CCC1CO. The predicted molar refractivity (Wildman–Crippen MR) is 72.1 cm³/mol. The maximum atomic E-state index is 12.3. The molecule has 1 aliphatic rings. The lowest BCUT2D eigenvalue weighted by molar-refractivity contribution is 0.0544. The fourth-order valence-electron chi connectivity index (χ4n) is 2.23. The van der Waals surface area contributed by atoms with Gasteiger partial charge in [0.2, 0.25) is 0 Å². The maximum Gasteiger partial charge on any atom is 0.415 e. The Bertz CT molecular complexity index is 468. The third kappa shape index (κ3) is 3.04. The Balaban J connectivity index is 2.32. The Kier molecular flexibility index (Phi) is 3.75. The number of carbonyl (C=O) groups excluding carboxylic acids is 1. The second kappa shape index (κ2) is 5.17. The molecule has 0 spiro atoms. The van der Waals surface area contributed by atoms with Crippen LogP contribution in [-0.4, -0.2) is 34.4 Å². The van der Waals surface area contributed by atoms with Crippen LogP contribution >= 0.6 is 0 Å². The van der Waals surface area contributed by atoms with Crippen LogP contribution < -0.4 is 4.90 Å². The van der Waals surface area contributed by atoms with Gasteiger partial charge in [-0.25, -0.2) is 4.79 Å². The first-order valence-electron chi connectivity index (χ1n) is 6.48. The lowest BCUT2D eigenvalue weighted by Crippen LogP contribution is -2.48. The van der Waals surface area contributed by atoms with Crippen LogP contribution in [0.15, 0.2) is 18.5 Å². The number of nitrogens with zero attached hydrogens (tertiary/aromatic N) is 2. The number of ether oxygens (including phenoxy) is 1. The van der Waals surface area contributed by atoms with E-state index in [0.717, 1.165) is 17.7 Å². The van der Waals surface area contributed by atoms with Gasteiger partial charge >= 0.3 is 6.09 Å². The Hall–Kier alpha value is -1.62. The van der Waals surface area contributed by atoms with E-state index >= 15 is 0 Å². The summed E-state index contributed by atoms with van der Waals surface area (Å²) in [7, 11) is 0. The number of carbonyl (C=O) groups is 1. The van der Waals surface area contributed by atoms with Crippen LogP contribution in [0.1, 0.15) is 32.8 Å². The molecule has 5 heteroatoms. The van der Waals surface area contributed by atoms with Crippen molar-refractivity contribution < 1.29 is 14.6 Å². The molecule has 0 aromatic carbocycles. The van der Waals surface area contributed by atoms with Crippen molar-refractivity contribution in [3.05, 3.63) is 24.0 Å². The van der Waals surface area contributed by atoms with Crippen LogP contribution in [0.25, 0.3) is 0 Å². The summed E-state index contributed by atoms with van der Waals surface area (Å²) >= 11 is 0. The minimum atomic E-state index is -0.554. The summed E-state index contributed by atoms with van der Waals surface area (Å²) < 4.78 is 5.42. The number of hydrogen-bond acceptors (Lipinski definition) is 4. The van der Waals surface area contributed by atoms with Gasteiger partial charge in [0.25, 0.3) is 0 Å². The third-order valence-electron chi connectivity index (χ3n) is 3.05.